The fraction of sp³-hybridized carbons (Fsp3) is 0.812. The number of hydrogen-bond donors (Lipinski definition) is 2. The van der Waals surface area contributed by atoms with Crippen molar-refractivity contribution in [2.75, 3.05) is 13.1 Å². The molecule has 6 nitrogen and oxygen atoms in total. The molecule has 2 rings (SSSR count). The maximum Gasteiger partial charge on any atom is 0.191 e. The molecule has 1 aromatic rings. The first-order valence-electron chi connectivity index (χ1n) is 8.60. The zero-order valence-corrected chi connectivity index (χ0v) is 14.2. The summed E-state index contributed by atoms with van der Waals surface area (Å²) in [7, 11) is 0. The van der Waals surface area contributed by atoms with E-state index in [0.29, 0.717) is 12.0 Å². The van der Waals surface area contributed by atoms with Crippen molar-refractivity contribution in [2.45, 2.75) is 65.5 Å². The fourth-order valence-corrected chi connectivity index (χ4v) is 2.72. The van der Waals surface area contributed by atoms with Gasteiger partial charge in [0, 0.05) is 32.1 Å². The van der Waals surface area contributed by atoms with E-state index in [2.05, 4.69) is 46.2 Å². The van der Waals surface area contributed by atoms with Crippen molar-refractivity contribution in [3.63, 3.8) is 0 Å². The highest BCUT2D eigenvalue weighted by Crippen LogP contribution is 2.17. The summed E-state index contributed by atoms with van der Waals surface area (Å²) in [4.78, 5) is 4.70. The number of aliphatic imine (C=N–C) groups is 1. The summed E-state index contributed by atoms with van der Waals surface area (Å²) in [6.07, 6.45) is 7.89. The van der Waals surface area contributed by atoms with Crippen molar-refractivity contribution in [3.8, 4) is 0 Å². The monoisotopic (exact) mass is 306 g/mol. The molecule has 0 unspecified atom stereocenters. The second-order valence-corrected chi connectivity index (χ2v) is 6.43. The van der Waals surface area contributed by atoms with Gasteiger partial charge in [-0.05, 0) is 18.8 Å². The summed E-state index contributed by atoms with van der Waals surface area (Å²) >= 11 is 0. The number of nitrogens with zero attached hydrogens (tertiary/aromatic N) is 4. The van der Waals surface area contributed by atoms with E-state index in [9.17, 15) is 0 Å². The van der Waals surface area contributed by atoms with Crippen LogP contribution in [0.4, 0.5) is 0 Å². The van der Waals surface area contributed by atoms with Crippen LogP contribution in [0.5, 0.6) is 0 Å². The van der Waals surface area contributed by atoms with E-state index in [1.165, 1.54) is 25.7 Å². The van der Waals surface area contributed by atoms with Crippen molar-refractivity contribution >= 4 is 5.96 Å². The Labute approximate surface area is 133 Å². The van der Waals surface area contributed by atoms with Gasteiger partial charge in [-0.25, -0.2) is 0 Å². The highest BCUT2D eigenvalue weighted by Gasteiger charge is 2.16. The minimum absolute atomic E-state index is 0.576. The van der Waals surface area contributed by atoms with Crippen molar-refractivity contribution in [1.82, 2.24) is 25.4 Å². The lowest BCUT2D eigenvalue weighted by molar-refractivity contribution is 0.585. The van der Waals surface area contributed by atoms with Gasteiger partial charge in [-0.1, -0.05) is 33.6 Å². The van der Waals surface area contributed by atoms with Gasteiger partial charge in [-0.3, -0.25) is 4.99 Å². The molecule has 6 heteroatoms. The Morgan fingerprint density at radius 1 is 1.41 bits per heavy atom. The summed E-state index contributed by atoms with van der Waals surface area (Å²) < 4.78 is 2.10. The third-order valence-corrected chi connectivity index (χ3v) is 3.97. The molecule has 2 N–H and O–H groups in total. The van der Waals surface area contributed by atoms with Gasteiger partial charge in [-0.2, -0.15) is 0 Å². The van der Waals surface area contributed by atoms with Crippen LogP contribution in [0, 0.1) is 5.92 Å². The minimum atomic E-state index is 0.576. The van der Waals surface area contributed by atoms with Gasteiger partial charge in [-0.15, -0.1) is 10.2 Å². The second kappa shape index (κ2) is 8.76. The highest BCUT2D eigenvalue weighted by atomic mass is 15.3. The van der Waals surface area contributed by atoms with E-state index in [1.54, 1.807) is 6.33 Å². The molecule has 0 atom stereocenters. The van der Waals surface area contributed by atoms with E-state index >= 15 is 0 Å². The number of hydrogen-bond acceptors (Lipinski definition) is 3. The largest absolute Gasteiger partial charge is 0.355 e. The number of rotatable bonds is 7. The molecule has 0 radical (unpaired) electrons. The molecule has 0 spiro atoms. The van der Waals surface area contributed by atoms with E-state index in [0.717, 1.165) is 37.8 Å². The Morgan fingerprint density at radius 2 is 2.18 bits per heavy atom. The molecular formula is C16H30N6. The SMILES string of the molecule is CCc1nncn1CCNC(=NCC(C)C)NC1CCCC1. The number of aryl methyl sites for hydroxylation is 1. The lowest BCUT2D eigenvalue weighted by Crippen LogP contribution is -2.43. The van der Waals surface area contributed by atoms with Crippen molar-refractivity contribution < 1.29 is 0 Å². The van der Waals surface area contributed by atoms with E-state index in [4.69, 9.17) is 4.99 Å². The van der Waals surface area contributed by atoms with Crippen LogP contribution in [-0.2, 0) is 13.0 Å². The third-order valence-electron chi connectivity index (χ3n) is 3.97. The summed E-state index contributed by atoms with van der Waals surface area (Å²) in [6, 6.07) is 0.583. The summed E-state index contributed by atoms with van der Waals surface area (Å²) in [6.45, 7) is 9.05. The van der Waals surface area contributed by atoms with Gasteiger partial charge in [0.15, 0.2) is 5.96 Å². The molecule has 22 heavy (non-hydrogen) atoms. The van der Waals surface area contributed by atoms with Crippen molar-refractivity contribution in [1.29, 1.82) is 0 Å². The van der Waals surface area contributed by atoms with Crippen LogP contribution >= 0.6 is 0 Å². The Kier molecular flexibility index (Phi) is 6.68. The molecule has 1 aliphatic carbocycles. The smallest absolute Gasteiger partial charge is 0.191 e. The molecule has 0 aromatic carbocycles. The molecule has 1 aliphatic rings. The molecule has 0 aliphatic heterocycles. The van der Waals surface area contributed by atoms with Crippen LogP contribution in [-0.4, -0.2) is 39.9 Å². The van der Waals surface area contributed by atoms with Gasteiger partial charge in [0.25, 0.3) is 0 Å². The van der Waals surface area contributed by atoms with Crippen LogP contribution in [0.1, 0.15) is 52.3 Å². The Morgan fingerprint density at radius 3 is 2.86 bits per heavy atom. The lowest BCUT2D eigenvalue weighted by atomic mass is 10.2. The highest BCUT2D eigenvalue weighted by molar-refractivity contribution is 5.80. The van der Waals surface area contributed by atoms with Crippen LogP contribution in [0.25, 0.3) is 0 Å². The first-order valence-corrected chi connectivity index (χ1v) is 8.60. The maximum absolute atomic E-state index is 4.70. The Bertz CT molecular complexity index is 459. The van der Waals surface area contributed by atoms with Crippen LogP contribution in [0.3, 0.4) is 0 Å². The van der Waals surface area contributed by atoms with Gasteiger partial charge < -0.3 is 15.2 Å². The molecule has 0 saturated heterocycles. The predicted molar refractivity (Wildman–Crippen MR) is 89.9 cm³/mol. The Balaban J connectivity index is 1.84. The van der Waals surface area contributed by atoms with E-state index < -0.39 is 0 Å². The zero-order valence-electron chi connectivity index (χ0n) is 14.2. The summed E-state index contributed by atoms with van der Waals surface area (Å²) in [5, 5.41) is 15.1. The van der Waals surface area contributed by atoms with Crippen LogP contribution < -0.4 is 10.6 Å². The first kappa shape index (κ1) is 16.8. The lowest BCUT2D eigenvalue weighted by Gasteiger charge is -2.18. The first-order chi connectivity index (χ1) is 10.7. The summed E-state index contributed by atoms with van der Waals surface area (Å²) in [5.41, 5.74) is 0. The van der Waals surface area contributed by atoms with Crippen molar-refractivity contribution in [3.05, 3.63) is 12.2 Å². The normalized spacial score (nSPS) is 16.5. The maximum atomic E-state index is 4.70. The van der Waals surface area contributed by atoms with Gasteiger partial charge in [0.2, 0.25) is 0 Å². The zero-order chi connectivity index (χ0) is 15.8. The van der Waals surface area contributed by atoms with Gasteiger partial charge in [0.05, 0.1) is 0 Å². The molecular weight excluding hydrogens is 276 g/mol. The van der Waals surface area contributed by atoms with Gasteiger partial charge >= 0.3 is 0 Å². The molecule has 1 fully saturated rings. The molecule has 0 bridgehead atoms. The quantitative estimate of drug-likeness (QED) is 0.597. The van der Waals surface area contributed by atoms with Crippen LogP contribution in [0.15, 0.2) is 11.3 Å². The minimum Gasteiger partial charge on any atom is -0.355 e. The molecule has 1 aromatic heterocycles. The number of nitrogens with one attached hydrogen (secondary N) is 2. The number of guanidine groups is 1. The fourth-order valence-electron chi connectivity index (χ4n) is 2.72. The standard InChI is InChI=1S/C16H30N6/c1-4-15-21-19-12-22(15)10-9-17-16(18-11-13(2)3)20-14-7-5-6-8-14/h12-14H,4-11H2,1-3H3,(H2,17,18,20). The molecule has 0 amide bonds. The molecule has 124 valence electrons. The predicted octanol–water partition coefficient (Wildman–Crippen LogP) is 1.97. The third kappa shape index (κ3) is 5.31. The van der Waals surface area contributed by atoms with E-state index in [-0.39, 0.29) is 0 Å². The summed E-state index contributed by atoms with van der Waals surface area (Å²) in [5.74, 6) is 2.56. The van der Waals surface area contributed by atoms with Gasteiger partial charge in [0.1, 0.15) is 12.2 Å². The molecule has 1 saturated carbocycles. The average molecular weight is 306 g/mol. The number of aromatic nitrogens is 3. The Hall–Kier alpha value is -1.59. The van der Waals surface area contributed by atoms with Crippen LogP contribution in [0.2, 0.25) is 0 Å². The topological polar surface area (TPSA) is 67.1 Å². The van der Waals surface area contributed by atoms with E-state index in [1.807, 2.05) is 0 Å². The van der Waals surface area contributed by atoms with Crippen molar-refractivity contribution in [2.24, 2.45) is 10.9 Å². The average Bonchev–Trinajstić information content (AvgIpc) is 3.15. The second-order valence-electron chi connectivity index (χ2n) is 6.43. The molecule has 1 heterocycles.